The largest absolute Gasteiger partial charge is 0.481 e. The SMILES string of the molecule is COc1ccc(CNc2ccc(C(N)=S)cc2Br)cn1. The Bertz CT molecular complexity index is 616. The number of nitrogens with one attached hydrogen (secondary N) is 1. The van der Waals surface area contributed by atoms with Crippen molar-refractivity contribution < 1.29 is 4.74 Å². The standard InChI is InChI=1S/C14H14BrN3OS/c1-19-13-5-2-9(8-18-13)7-17-12-4-3-10(14(16)20)6-11(12)15/h2-6,8,17H,7H2,1H3,(H2,16,20). The summed E-state index contributed by atoms with van der Waals surface area (Å²) >= 11 is 8.44. The lowest BCUT2D eigenvalue weighted by Gasteiger charge is -2.10. The highest BCUT2D eigenvalue weighted by Crippen LogP contribution is 2.24. The van der Waals surface area contributed by atoms with Gasteiger partial charge in [-0.25, -0.2) is 4.98 Å². The first-order valence-electron chi connectivity index (χ1n) is 5.92. The summed E-state index contributed by atoms with van der Waals surface area (Å²) in [5.41, 5.74) is 8.47. The fourth-order valence-corrected chi connectivity index (χ4v) is 2.29. The van der Waals surface area contributed by atoms with Crippen LogP contribution in [0.3, 0.4) is 0 Å². The molecule has 2 aromatic rings. The summed E-state index contributed by atoms with van der Waals surface area (Å²) in [7, 11) is 1.60. The van der Waals surface area contributed by atoms with E-state index in [-0.39, 0.29) is 0 Å². The van der Waals surface area contributed by atoms with Crippen LogP contribution >= 0.6 is 28.1 Å². The average Bonchev–Trinajstić information content (AvgIpc) is 2.46. The molecule has 104 valence electrons. The predicted molar refractivity (Wildman–Crippen MR) is 88.1 cm³/mol. The van der Waals surface area contributed by atoms with Crippen LogP contribution in [0.2, 0.25) is 0 Å². The molecule has 4 nitrogen and oxygen atoms in total. The Kier molecular flexibility index (Phi) is 4.92. The van der Waals surface area contributed by atoms with Crippen LogP contribution in [0.1, 0.15) is 11.1 Å². The Morgan fingerprint density at radius 2 is 2.20 bits per heavy atom. The molecule has 0 aliphatic carbocycles. The molecule has 0 bridgehead atoms. The average molecular weight is 352 g/mol. The molecule has 0 aliphatic rings. The normalized spacial score (nSPS) is 10.1. The molecule has 2 rings (SSSR count). The molecule has 1 aromatic heterocycles. The second kappa shape index (κ2) is 6.67. The van der Waals surface area contributed by atoms with Gasteiger partial charge in [-0.15, -0.1) is 0 Å². The molecule has 0 atom stereocenters. The Morgan fingerprint density at radius 1 is 1.40 bits per heavy atom. The third-order valence-corrected chi connectivity index (χ3v) is 3.64. The molecule has 0 radical (unpaired) electrons. The number of thiocarbonyl (C=S) groups is 1. The lowest BCUT2D eigenvalue weighted by molar-refractivity contribution is 0.397. The van der Waals surface area contributed by atoms with Crippen molar-refractivity contribution in [2.24, 2.45) is 5.73 Å². The van der Waals surface area contributed by atoms with Crippen LogP contribution in [-0.2, 0) is 6.54 Å². The minimum Gasteiger partial charge on any atom is -0.481 e. The maximum Gasteiger partial charge on any atom is 0.212 e. The maximum absolute atomic E-state index is 5.60. The Hall–Kier alpha value is -1.66. The number of anilines is 1. The molecule has 0 unspecified atom stereocenters. The predicted octanol–water partition coefficient (Wildman–Crippen LogP) is 3.10. The summed E-state index contributed by atoms with van der Waals surface area (Å²) < 4.78 is 5.94. The topological polar surface area (TPSA) is 60.2 Å². The first kappa shape index (κ1) is 14.7. The summed E-state index contributed by atoms with van der Waals surface area (Å²) in [6.07, 6.45) is 1.78. The second-order valence-electron chi connectivity index (χ2n) is 4.12. The summed E-state index contributed by atoms with van der Waals surface area (Å²) in [5.74, 6) is 0.607. The van der Waals surface area contributed by atoms with E-state index in [2.05, 4.69) is 26.2 Å². The van der Waals surface area contributed by atoms with Gasteiger partial charge in [-0.3, -0.25) is 0 Å². The highest BCUT2D eigenvalue weighted by Gasteiger charge is 2.03. The van der Waals surface area contributed by atoms with Crippen molar-refractivity contribution in [3.05, 3.63) is 52.1 Å². The van der Waals surface area contributed by atoms with Crippen LogP contribution in [0.25, 0.3) is 0 Å². The van der Waals surface area contributed by atoms with Crippen LogP contribution in [0.5, 0.6) is 5.88 Å². The van der Waals surface area contributed by atoms with Gasteiger partial charge in [0.2, 0.25) is 5.88 Å². The first-order valence-corrected chi connectivity index (χ1v) is 7.12. The zero-order chi connectivity index (χ0) is 14.5. The van der Waals surface area contributed by atoms with Gasteiger partial charge in [0.15, 0.2) is 0 Å². The fraction of sp³-hybridized carbons (Fsp3) is 0.143. The zero-order valence-corrected chi connectivity index (χ0v) is 13.3. The number of hydrogen-bond acceptors (Lipinski definition) is 4. The number of pyridine rings is 1. The second-order valence-corrected chi connectivity index (χ2v) is 5.42. The van der Waals surface area contributed by atoms with E-state index in [0.29, 0.717) is 17.4 Å². The van der Waals surface area contributed by atoms with Gasteiger partial charge < -0.3 is 15.8 Å². The van der Waals surface area contributed by atoms with Gasteiger partial charge in [0, 0.05) is 34.5 Å². The molecule has 3 N–H and O–H groups in total. The van der Waals surface area contributed by atoms with E-state index in [4.69, 9.17) is 22.7 Å². The van der Waals surface area contributed by atoms with Crippen LogP contribution in [0, 0.1) is 0 Å². The molecule has 1 heterocycles. The van der Waals surface area contributed by atoms with Crippen LogP contribution in [0.4, 0.5) is 5.69 Å². The van der Waals surface area contributed by atoms with E-state index in [1.54, 1.807) is 13.3 Å². The molecule has 0 saturated carbocycles. The maximum atomic E-state index is 5.60. The van der Waals surface area contributed by atoms with Crippen LogP contribution < -0.4 is 15.8 Å². The number of nitrogens with two attached hydrogens (primary N) is 1. The minimum absolute atomic E-state index is 0.386. The van der Waals surface area contributed by atoms with Crippen molar-refractivity contribution in [2.75, 3.05) is 12.4 Å². The quantitative estimate of drug-likeness (QED) is 0.810. The van der Waals surface area contributed by atoms with Crippen molar-refractivity contribution in [2.45, 2.75) is 6.54 Å². The van der Waals surface area contributed by atoms with Crippen molar-refractivity contribution in [1.29, 1.82) is 0 Å². The first-order chi connectivity index (χ1) is 9.60. The third kappa shape index (κ3) is 3.68. The molecule has 6 heteroatoms. The smallest absolute Gasteiger partial charge is 0.212 e. The Labute approximate surface area is 131 Å². The number of rotatable bonds is 5. The molecule has 0 saturated heterocycles. The van der Waals surface area contributed by atoms with Gasteiger partial charge in [-0.1, -0.05) is 18.3 Å². The monoisotopic (exact) mass is 351 g/mol. The molecular formula is C14H14BrN3OS. The molecule has 0 spiro atoms. The Balaban J connectivity index is 2.04. The molecule has 0 fully saturated rings. The molecular weight excluding hydrogens is 338 g/mol. The lowest BCUT2D eigenvalue weighted by Crippen LogP contribution is -2.09. The molecule has 20 heavy (non-hydrogen) atoms. The van der Waals surface area contributed by atoms with E-state index in [1.165, 1.54) is 0 Å². The van der Waals surface area contributed by atoms with Gasteiger partial charge >= 0.3 is 0 Å². The van der Waals surface area contributed by atoms with E-state index in [0.717, 1.165) is 21.3 Å². The highest BCUT2D eigenvalue weighted by atomic mass is 79.9. The lowest BCUT2D eigenvalue weighted by atomic mass is 10.2. The molecule has 1 aromatic carbocycles. The number of benzene rings is 1. The summed E-state index contributed by atoms with van der Waals surface area (Å²) in [6, 6.07) is 9.53. The summed E-state index contributed by atoms with van der Waals surface area (Å²) in [4.78, 5) is 4.55. The number of methoxy groups -OCH3 is 1. The minimum atomic E-state index is 0.386. The van der Waals surface area contributed by atoms with Crippen molar-refractivity contribution in [3.8, 4) is 5.88 Å². The van der Waals surface area contributed by atoms with Crippen molar-refractivity contribution in [3.63, 3.8) is 0 Å². The number of nitrogens with zero attached hydrogens (tertiary/aromatic N) is 1. The molecule has 0 amide bonds. The third-order valence-electron chi connectivity index (χ3n) is 2.74. The highest BCUT2D eigenvalue weighted by molar-refractivity contribution is 9.10. The van der Waals surface area contributed by atoms with Gasteiger partial charge in [-0.2, -0.15) is 0 Å². The van der Waals surface area contributed by atoms with Crippen LogP contribution in [-0.4, -0.2) is 17.1 Å². The van der Waals surface area contributed by atoms with Crippen LogP contribution in [0.15, 0.2) is 41.0 Å². The number of aromatic nitrogens is 1. The number of halogens is 1. The molecule has 0 aliphatic heterocycles. The summed E-state index contributed by atoms with van der Waals surface area (Å²) in [5, 5.41) is 3.32. The van der Waals surface area contributed by atoms with E-state index in [1.807, 2.05) is 30.3 Å². The van der Waals surface area contributed by atoms with Gasteiger partial charge in [0.25, 0.3) is 0 Å². The van der Waals surface area contributed by atoms with Crippen molar-refractivity contribution in [1.82, 2.24) is 4.98 Å². The van der Waals surface area contributed by atoms with E-state index >= 15 is 0 Å². The van der Waals surface area contributed by atoms with E-state index < -0.39 is 0 Å². The van der Waals surface area contributed by atoms with Gasteiger partial charge in [0.1, 0.15) is 4.99 Å². The zero-order valence-electron chi connectivity index (χ0n) is 10.9. The van der Waals surface area contributed by atoms with Crippen molar-refractivity contribution >= 4 is 38.8 Å². The number of hydrogen-bond donors (Lipinski definition) is 2. The number of ether oxygens (including phenoxy) is 1. The van der Waals surface area contributed by atoms with Gasteiger partial charge in [0.05, 0.1) is 7.11 Å². The Morgan fingerprint density at radius 3 is 2.75 bits per heavy atom. The summed E-state index contributed by atoms with van der Waals surface area (Å²) in [6.45, 7) is 0.669. The van der Waals surface area contributed by atoms with E-state index in [9.17, 15) is 0 Å². The fourth-order valence-electron chi connectivity index (χ4n) is 1.65. The van der Waals surface area contributed by atoms with Gasteiger partial charge in [-0.05, 0) is 39.7 Å².